The second-order valence-electron chi connectivity index (χ2n) is 12.2. The summed E-state index contributed by atoms with van der Waals surface area (Å²) >= 11 is 0. The molecule has 0 aliphatic rings. The molecule has 0 saturated heterocycles. The maximum Gasteiger partial charge on any atom is 1.00 e. The molecule has 0 radical (unpaired) electrons. The summed E-state index contributed by atoms with van der Waals surface area (Å²) in [5.41, 5.74) is 0. The van der Waals surface area contributed by atoms with E-state index < -0.39 is 11.9 Å². The largest absolute Gasteiger partial charge is 1.00 e. The molecule has 31 heteroatoms. The number of carboxylic acid groups (broad SMARTS) is 2. The summed E-state index contributed by atoms with van der Waals surface area (Å²) in [5.74, 6) is -1.31. The minimum atomic E-state index is -0.653. The average Bonchev–Trinajstić information content (AvgIpc) is 2.93. The van der Waals surface area contributed by atoms with E-state index in [1.165, 1.54) is 167 Å². The fraction of sp³-hybridized carbons (Fsp3) is 0.944. The molecule has 0 aliphatic heterocycles. The van der Waals surface area contributed by atoms with E-state index in [-0.39, 0.29) is 1390 Å². The Hall–Kier alpha value is 43.1. The summed E-state index contributed by atoms with van der Waals surface area (Å²) in [6.07, 6.45) is 40.4. The molecule has 0 aromatic rings. The summed E-state index contributed by atoms with van der Waals surface area (Å²) in [6, 6.07) is 0. The molecule has 0 bridgehead atoms. The summed E-state index contributed by atoms with van der Waals surface area (Å²) in [6.45, 7) is 4.54. The van der Waals surface area contributed by atoms with Gasteiger partial charge in [-0.15, -0.1) is 0 Å². The van der Waals surface area contributed by atoms with Crippen LogP contribution in [0.4, 0.5) is 0 Å². The fourth-order valence-electron chi connectivity index (χ4n) is 5.30. The van der Waals surface area contributed by atoms with Crippen molar-refractivity contribution >= 4 is 11.9 Å². The van der Waals surface area contributed by atoms with Gasteiger partial charge in [-0.3, -0.25) is 9.59 Å². The normalized spacial score (nSPS) is 6.48. The molecule has 2 N–H and O–H groups in total. The topological polar surface area (TPSA) is 74.6 Å². The second kappa shape index (κ2) is 194. The maximum absolute atomic E-state index is 10.3. The first kappa shape index (κ1) is 199. The first-order chi connectivity index (χ1) is 19.5. The van der Waals surface area contributed by atoms with E-state index in [2.05, 4.69) is 13.8 Å². The first-order valence-corrected chi connectivity index (χ1v) is 18.0. The Labute approximate surface area is 1570 Å². The van der Waals surface area contributed by atoms with Crippen LogP contribution in [0.25, 0.3) is 0 Å². The third-order valence-electron chi connectivity index (χ3n) is 7.99. The Kier molecular flexibility index (Phi) is 577. The Morgan fingerprint density at radius 1 is 0.194 bits per heavy atom. The second-order valence-corrected chi connectivity index (χ2v) is 12.2. The fourth-order valence-corrected chi connectivity index (χ4v) is 5.30. The van der Waals surface area contributed by atoms with Gasteiger partial charge in [-0.05, 0) is 12.8 Å². The van der Waals surface area contributed by atoms with Gasteiger partial charge in [-0.1, -0.05) is 194 Å². The van der Waals surface area contributed by atoms with Crippen molar-refractivity contribution in [3.63, 3.8) is 0 Å². The molecule has 0 saturated carbocycles. The zero-order valence-corrected chi connectivity index (χ0v) is 139. The van der Waals surface area contributed by atoms with Gasteiger partial charge in [0.15, 0.2) is 0 Å². The number of unbranched alkanes of at least 4 members (excludes halogenated alkanes) is 28. The zero-order valence-electron chi connectivity index (χ0n) is 54.3. The zero-order chi connectivity index (χ0) is 29.8. The number of hydrogen-bond acceptors (Lipinski definition) is 2. The van der Waals surface area contributed by atoms with Crippen LogP contribution < -0.4 is 1390 Å². The van der Waals surface area contributed by atoms with Crippen molar-refractivity contribution in [1.82, 2.24) is 0 Å². The molecule has 0 aliphatic carbocycles. The summed E-state index contributed by atoms with van der Waals surface area (Å²) in [7, 11) is 0. The van der Waals surface area contributed by atoms with Gasteiger partial charge in [0.25, 0.3) is 0 Å². The molecule has 0 fully saturated rings. The third kappa shape index (κ3) is 211. The van der Waals surface area contributed by atoms with Crippen molar-refractivity contribution in [3.05, 3.63) is 0 Å². The number of carboxylic acids is 2. The van der Waals surface area contributed by atoms with Gasteiger partial charge in [0, 0.05) is 12.8 Å². The van der Waals surface area contributed by atoms with Crippen LogP contribution in [-0.2, 0) is 9.59 Å². The van der Waals surface area contributed by atoms with Crippen LogP contribution in [0.1, 0.15) is 219 Å². The molecule has 67 heavy (non-hydrogen) atoms. The van der Waals surface area contributed by atoms with Gasteiger partial charge in [-0.2, -0.15) is 0 Å². The van der Waals surface area contributed by atoms with Crippen LogP contribution in [0.15, 0.2) is 0 Å². The van der Waals surface area contributed by atoms with Gasteiger partial charge in [0.2, 0.25) is 0 Å². The molecule has 0 heterocycles. The Morgan fingerprint density at radius 2 is 0.284 bits per heavy atom. The van der Waals surface area contributed by atoms with Gasteiger partial charge in [0.1, 0.15) is 0 Å². The molecule has 240 valence electrons. The Bertz CT molecular complexity index is 512. The summed E-state index contributed by atoms with van der Waals surface area (Å²) < 4.78 is 0. The number of hydrogen-bond donors (Lipinski definition) is 2. The van der Waals surface area contributed by atoms with Crippen molar-refractivity contribution in [3.8, 4) is 0 Å². The van der Waals surface area contributed by atoms with Gasteiger partial charge < -0.3 is 10.2 Å². The van der Waals surface area contributed by atoms with Crippen molar-refractivity contribution in [1.29, 1.82) is 0 Å². The molecule has 0 rings (SSSR count). The molecule has 0 atom stereocenters. The molecule has 4 nitrogen and oxygen atoms in total. The maximum atomic E-state index is 10.3. The van der Waals surface area contributed by atoms with Gasteiger partial charge >= 0.3 is 1400 Å². The van der Waals surface area contributed by atoms with E-state index in [0.29, 0.717) is 12.8 Å². The van der Waals surface area contributed by atoms with Crippen LogP contribution in [0, 0.1) is 0 Å². The number of aliphatic carboxylic acids is 2. The van der Waals surface area contributed by atoms with E-state index in [1.807, 2.05) is 0 Å². The van der Waals surface area contributed by atoms with Crippen LogP contribution in [0.5, 0.6) is 0 Å². The molecule has 0 amide bonds. The SMILES string of the molecule is CCCCCCCCCCCCCCCCCC(=O)O.CCCCCCCCCCCCCCCCCC(=O)O.[K+].[K+].[K+].[K+].[K+].[K+].[K+].[K+].[K+].[K+].[K+].[K+].[K+].[K+].[K+].[K+].[K+].[K+].[K+].[K+].[K+].[K+].[K+].[K+].[K+].[K+].[K+]. The standard InChI is InChI=1S/2C18H36O2.27K/c2*1-2-3-4-5-6-7-8-9-10-11-12-13-14-15-16-17-18(19)20;;;;;;;;;;;;;;;;;;;;;;;;;;;/h2*2-17H2,1H3,(H,19,20);;;;;;;;;;;;;;;;;;;;;;;;;;;/q;;27*+1. The van der Waals surface area contributed by atoms with Crippen LogP contribution in [0.3, 0.4) is 0 Å². The molecule has 0 aromatic carbocycles. The molecule has 0 spiro atoms. The van der Waals surface area contributed by atoms with E-state index in [9.17, 15) is 9.59 Å². The van der Waals surface area contributed by atoms with Crippen molar-refractivity contribution in [2.45, 2.75) is 219 Å². The summed E-state index contributed by atoms with van der Waals surface area (Å²) in [4.78, 5) is 20.7. The van der Waals surface area contributed by atoms with Crippen LogP contribution in [0.2, 0.25) is 0 Å². The summed E-state index contributed by atoms with van der Waals surface area (Å²) in [5, 5.41) is 17.0. The smallest absolute Gasteiger partial charge is 0.481 e. The molecular formula is C36H72K27O4+27. The van der Waals surface area contributed by atoms with Crippen molar-refractivity contribution in [2.75, 3.05) is 0 Å². The van der Waals surface area contributed by atoms with Gasteiger partial charge in [0.05, 0.1) is 0 Å². The minimum Gasteiger partial charge on any atom is -0.481 e. The predicted octanol–water partition coefficient (Wildman–Crippen LogP) is -68.2. The van der Waals surface area contributed by atoms with E-state index in [0.717, 1.165) is 25.7 Å². The van der Waals surface area contributed by atoms with Gasteiger partial charge in [-0.25, -0.2) is 0 Å². The Balaban J connectivity index is -0.0000000114. The molecule has 0 unspecified atom stereocenters. The van der Waals surface area contributed by atoms with Crippen molar-refractivity contribution < 1.29 is 1410 Å². The number of rotatable bonds is 32. The quantitative estimate of drug-likeness (QED) is 0.0520. The minimum absolute atomic E-state index is 0. The van der Waals surface area contributed by atoms with Crippen molar-refractivity contribution in [2.24, 2.45) is 0 Å². The van der Waals surface area contributed by atoms with E-state index in [4.69, 9.17) is 10.2 Å². The predicted molar refractivity (Wildman–Crippen MR) is 174 cm³/mol. The van der Waals surface area contributed by atoms with E-state index in [1.54, 1.807) is 0 Å². The molecular weight excluding hydrogens is 1550 g/mol. The molecule has 0 aromatic heterocycles. The average molecular weight is 1620 g/mol. The number of carbonyl (C=O) groups is 2. The first-order valence-electron chi connectivity index (χ1n) is 18.0. The third-order valence-corrected chi connectivity index (χ3v) is 7.99. The van der Waals surface area contributed by atoms with E-state index >= 15 is 0 Å². The van der Waals surface area contributed by atoms with Crippen LogP contribution >= 0.6 is 0 Å². The van der Waals surface area contributed by atoms with Crippen LogP contribution in [-0.4, -0.2) is 22.2 Å². The Morgan fingerprint density at radius 3 is 0.373 bits per heavy atom. The monoisotopic (exact) mass is 1620 g/mol.